The van der Waals surface area contributed by atoms with E-state index in [1.165, 1.54) is 12.1 Å². The second-order valence-corrected chi connectivity index (χ2v) is 5.07. The third-order valence-corrected chi connectivity index (χ3v) is 3.32. The maximum Gasteiger partial charge on any atom is 0.125 e. The first-order valence-corrected chi connectivity index (χ1v) is 6.81. The molecule has 0 fully saturated rings. The van der Waals surface area contributed by atoms with Crippen LogP contribution in [0.3, 0.4) is 0 Å². The zero-order valence-electron chi connectivity index (χ0n) is 9.61. The van der Waals surface area contributed by atoms with Crippen LogP contribution in [0.15, 0.2) is 29.3 Å². The first-order chi connectivity index (χ1) is 8.15. The highest BCUT2D eigenvalue weighted by atomic mass is 79.9. The fourth-order valence-corrected chi connectivity index (χ4v) is 2.47. The lowest BCUT2D eigenvalue weighted by Crippen LogP contribution is -2.03. The molecule has 17 heavy (non-hydrogen) atoms. The Morgan fingerprint density at radius 3 is 2.76 bits per heavy atom. The van der Waals surface area contributed by atoms with E-state index in [-0.39, 0.29) is 5.82 Å². The molecule has 0 atom stereocenters. The molecule has 0 spiro atoms. The SMILES string of the molecule is C=CCCCCCNc1c(Cl)cc(F)cc1Br. The van der Waals surface area contributed by atoms with Crippen LogP contribution < -0.4 is 5.32 Å². The molecule has 0 aliphatic carbocycles. The summed E-state index contributed by atoms with van der Waals surface area (Å²) in [5, 5.41) is 3.62. The summed E-state index contributed by atoms with van der Waals surface area (Å²) in [6, 6.07) is 2.72. The van der Waals surface area contributed by atoms with Crippen molar-refractivity contribution in [3.8, 4) is 0 Å². The van der Waals surface area contributed by atoms with E-state index in [0.717, 1.165) is 37.9 Å². The fourth-order valence-electron chi connectivity index (χ4n) is 1.51. The van der Waals surface area contributed by atoms with Crippen LogP contribution in [0.2, 0.25) is 5.02 Å². The van der Waals surface area contributed by atoms with E-state index in [2.05, 4.69) is 27.8 Å². The normalized spacial score (nSPS) is 10.3. The van der Waals surface area contributed by atoms with Gasteiger partial charge in [-0.2, -0.15) is 0 Å². The Morgan fingerprint density at radius 2 is 2.12 bits per heavy atom. The highest BCUT2D eigenvalue weighted by Gasteiger charge is 2.06. The minimum absolute atomic E-state index is 0.335. The van der Waals surface area contributed by atoms with Crippen LogP contribution in [-0.2, 0) is 0 Å². The fraction of sp³-hybridized carbons (Fsp3) is 0.385. The first kappa shape index (κ1) is 14.5. The van der Waals surface area contributed by atoms with Gasteiger partial charge in [-0.15, -0.1) is 6.58 Å². The van der Waals surface area contributed by atoms with Gasteiger partial charge in [0.1, 0.15) is 5.82 Å². The third-order valence-electron chi connectivity index (χ3n) is 2.39. The van der Waals surface area contributed by atoms with Crippen LogP contribution in [0.1, 0.15) is 25.7 Å². The summed E-state index contributed by atoms with van der Waals surface area (Å²) < 4.78 is 13.6. The van der Waals surface area contributed by atoms with Crippen molar-refractivity contribution >= 4 is 33.2 Å². The van der Waals surface area contributed by atoms with E-state index in [0.29, 0.717) is 9.50 Å². The second-order valence-electron chi connectivity index (χ2n) is 3.81. The Hall–Kier alpha value is -0.540. The summed E-state index contributed by atoms with van der Waals surface area (Å²) in [4.78, 5) is 0. The molecule has 4 heteroatoms. The van der Waals surface area contributed by atoms with Crippen molar-refractivity contribution in [1.82, 2.24) is 0 Å². The predicted octanol–water partition coefficient (Wildman–Crippen LogP) is 5.40. The monoisotopic (exact) mass is 319 g/mol. The quantitative estimate of drug-likeness (QED) is 0.524. The van der Waals surface area contributed by atoms with Crippen LogP contribution in [-0.4, -0.2) is 6.54 Å². The maximum absolute atomic E-state index is 13.0. The van der Waals surface area contributed by atoms with E-state index in [1.54, 1.807) is 0 Å². The van der Waals surface area contributed by atoms with Gasteiger partial charge < -0.3 is 5.32 Å². The third kappa shape index (κ3) is 5.09. The van der Waals surface area contributed by atoms with Crippen LogP contribution >= 0.6 is 27.5 Å². The van der Waals surface area contributed by atoms with Crippen molar-refractivity contribution in [2.75, 3.05) is 11.9 Å². The lowest BCUT2D eigenvalue weighted by Gasteiger charge is -2.10. The van der Waals surface area contributed by atoms with Gasteiger partial charge in [0.2, 0.25) is 0 Å². The molecule has 0 amide bonds. The van der Waals surface area contributed by atoms with Gasteiger partial charge in [-0.25, -0.2) is 4.39 Å². The van der Waals surface area contributed by atoms with E-state index in [1.807, 2.05) is 6.08 Å². The molecule has 0 radical (unpaired) electrons. The molecule has 1 aromatic rings. The van der Waals surface area contributed by atoms with Gasteiger partial charge in [0.05, 0.1) is 10.7 Å². The average molecular weight is 321 g/mol. The molecular formula is C13H16BrClFN. The molecule has 0 saturated heterocycles. The second kappa shape index (κ2) is 7.72. The van der Waals surface area contributed by atoms with Crippen molar-refractivity contribution in [1.29, 1.82) is 0 Å². The Labute approximate surface area is 115 Å². The number of rotatable bonds is 7. The molecule has 0 saturated carbocycles. The molecular weight excluding hydrogens is 305 g/mol. The standard InChI is InChI=1S/C13H16BrClFN/c1-2-3-4-5-6-7-17-13-11(14)8-10(16)9-12(13)15/h2,8-9,17H,1,3-7H2. The molecule has 94 valence electrons. The van der Waals surface area contributed by atoms with Crippen molar-refractivity contribution < 1.29 is 4.39 Å². The number of benzene rings is 1. The number of unbranched alkanes of at least 4 members (excludes halogenated alkanes) is 3. The van der Waals surface area contributed by atoms with E-state index >= 15 is 0 Å². The highest BCUT2D eigenvalue weighted by Crippen LogP contribution is 2.31. The number of hydrogen-bond acceptors (Lipinski definition) is 1. The zero-order chi connectivity index (χ0) is 12.7. The lowest BCUT2D eigenvalue weighted by molar-refractivity contribution is 0.627. The molecule has 0 aliphatic heterocycles. The molecule has 1 aromatic carbocycles. The van der Waals surface area contributed by atoms with Crippen LogP contribution in [0.5, 0.6) is 0 Å². The van der Waals surface area contributed by atoms with Crippen molar-refractivity contribution in [3.63, 3.8) is 0 Å². The molecule has 1 rings (SSSR count). The van der Waals surface area contributed by atoms with E-state index < -0.39 is 0 Å². The van der Waals surface area contributed by atoms with Crippen molar-refractivity contribution in [2.45, 2.75) is 25.7 Å². The van der Waals surface area contributed by atoms with Gasteiger partial charge in [-0.3, -0.25) is 0 Å². The van der Waals surface area contributed by atoms with Gasteiger partial charge in [0.15, 0.2) is 0 Å². The summed E-state index contributed by atoms with van der Waals surface area (Å²) in [7, 11) is 0. The van der Waals surface area contributed by atoms with Crippen LogP contribution in [0, 0.1) is 5.82 Å². The van der Waals surface area contributed by atoms with Gasteiger partial charge in [-0.1, -0.05) is 24.1 Å². The number of anilines is 1. The molecule has 0 heterocycles. The van der Waals surface area contributed by atoms with E-state index in [9.17, 15) is 4.39 Å². The van der Waals surface area contributed by atoms with Gasteiger partial charge >= 0.3 is 0 Å². The molecule has 0 aliphatic rings. The number of hydrogen-bond donors (Lipinski definition) is 1. The number of allylic oxidation sites excluding steroid dienone is 1. The van der Waals surface area contributed by atoms with Gasteiger partial charge in [-0.05, 0) is 47.3 Å². The summed E-state index contributed by atoms with van der Waals surface area (Å²) in [5.74, 6) is -0.335. The Morgan fingerprint density at radius 1 is 1.35 bits per heavy atom. The van der Waals surface area contributed by atoms with Crippen molar-refractivity contribution in [2.24, 2.45) is 0 Å². The summed E-state index contributed by atoms with van der Waals surface area (Å²) in [5.41, 5.74) is 0.761. The Bertz CT molecular complexity index is 359. The lowest BCUT2D eigenvalue weighted by atomic mass is 10.2. The molecule has 1 N–H and O–H groups in total. The largest absolute Gasteiger partial charge is 0.383 e. The average Bonchev–Trinajstić information content (AvgIpc) is 2.26. The summed E-state index contributed by atoms with van der Waals surface area (Å²) in [6.45, 7) is 4.52. The predicted molar refractivity (Wildman–Crippen MR) is 76.3 cm³/mol. The topological polar surface area (TPSA) is 12.0 Å². The van der Waals surface area contributed by atoms with Crippen LogP contribution in [0.4, 0.5) is 10.1 Å². The smallest absolute Gasteiger partial charge is 0.125 e. The molecule has 1 nitrogen and oxygen atoms in total. The Kier molecular flexibility index (Phi) is 6.60. The number of halogens is 3. The first-order valence-electron chi connectivity index (χ1n) is 5.64. The molecule has 0 bridgehead atoms. The molecule has 0 aromatic heterocycles. The molecule has 0 unspecified atom stereocenters. The minimum atomic E-state index is -0.335. The summed E-state index contributed by atoms with van der Waals surface area (Å²) >= 11 is 9.24. The highest BCUT2D eigenvalue weighted by molar-refractivity contribution is 9.10. The van der Waals surface area contributed by atoms with E-state index in [4.69, 9.17) is 11.6 Å². The minimum Gasteiger partial charge on any atom is -0.383 e. The zero-order valence-corrected chi connectivity index (χ0v) is 12.0. The summed E-state index contributed by atoms with van der Waals surface area (Å²) in [6.07, 6.45) is 6.36. The number of nitrogens with one attached hydrogen (secondary N) is 1. The van der Waals surface area contributed by atoms with Crippen molar-refractivity contribution in [3.05, 3.63) is 40.1 Å². The van der Waals surface area contributed by atoms with Gasteiger partial charge in [0, 0.05) is 11.0 Å². The van der Waals surface area contributed by atoms with Gasteiger partial charge in [0.25, 0.3) is 0 Å². The Balaban J connectivity index is 2.39. The van der Waals surface area contributed by atoms with Crippen LogP contribution in [0.25, 0.3) is 0 Å². The maximum atomic E-state index is 13.0.